The number of benzene rings is 2. The number of nitrogens with two attached hydrogens (primary N) is 1. The molecule has 4 aromatic rings. The monoisotopic (exact) mass is 442 g/mol. The van der Waals surface area contributed by atoms with Gasteiger partial charge in [0.05, 0.1) is 5.69 Å². The third-order valence-electron chi connectivity index (χ3n) is 5.04. The third-order valence-corrected chi connectivity index (χ3v) is 5.04. The van der Waals surface area contributed by atoms with Crippen molar-refractivity contribution in [1.82, 2.24) is 24.0 Å². The molecule has 9 nitrogen and oxygen atoms in total. The van der Waals surface area contributed by atoms with E-state index in [9.17, 15) is 9.59 Å². The average molecular weight is 442 g/mol. The van der Waals surface area contributed by atoms with Crippen molar-refractivity contribution in [2.24, 2.45) is 0 Å². The Morgan fingerprint density at radius 2 is 1.79 bits per heavy atom. The summed E-state index contributed by atoms with van der Waals surface area (Å²) in [5, 5.41) is 0. The van der Waals surface area contributed by atoms with Gasteiger partial charge < -0.3 is 15.4 Å². The van der Waals surface area contributed by atoms with E-state index in [0.29, 0.717) is 28.4 Å². The van der Waals surface area contributed by atoms with Crippen LogP contribution in [0.3, 0.4) is 0 Å². The van der Waals surface area contributed by atoms with Gasteiger partial charge in [-0.2, -0.15) is 0 Å². The minimum absolute atomic E-state index is 0.182. The Balaban J connectivity index is 1.69. The first-order chi connectivity index (χ1) is 16.0. The SMILES string of the molecule is CC#CC(=O)N(C)CCn1c(=O)n(-c2ccc(Oc3ccccc3)cc2)c2c(N)ncnc21. The maximum absolute atomic E-state index is 13.4. The number of likely N-dealkylation sites (N-methyl/N-ethyl adjacent to an activating group) is 1. The van der Waals surface area contributed by atoms with Gasteiger partial charge in [0.1, 0.15) is 23.3 Å². The van der Waals surface area contributed by atoms with E-state index in [1.807, 2.05) is 30.3 Å². The second kappa shape index (κ2) is 9.28. The van der Waals surface area contributed by atoms with Gasteiger partial charge in [0.15, 0.2) is 11.5 Å². The van der Waals surface area contributed by atoms with Gasteiger partial charge in [-0.15, -0.1) is 0 Å². The summed E-state index contributed by atoms with van der Waals surface area (Å²) in [4.78, 5) is 35.1. The lowest BCUT2D eigenvalue weighted by molar-refractivity contribution is -0.124. The lowest BCUT2D eigenvalue weighted by atomic mass is 10.3. The molecule has 0 spiro atoms. The van der Waals surface area contributed by atoms with E-state index >= 15 is 0 Å². The molecule has 2 N–H and O–H groups in total. The number of anilines is 1. The Morgan fingerprint density at radius 1 is 1.09 bits per heavy atom. The Kier molecular flexibility index (Phi) is 6.09. The van der Waals surface area contributed by atoms with Crippen LogP contribution in [0.15, 0.2) is 65.7 Å². The van der Waals surface area contributed by atoms with Crippen LogP contribution in [-0.4, -0.2) is 43.5 Å². The zero-order valence-electron chi connectivity index (χ0n) is 18.2. The van der Waals surface area contributed by atoms with Crippen LogP contribution in [0, 0.1) is 11.8 Å². The molecule has 0 aliphatic rings. The van der Waals surface area contributed by atoms with Crippen molar-refractivity contribution < 1.29 is 9.53 Å². The second-order valence-corrected chi connectivity index (χ2v) is 7.21. The summed E-state index contributed by atoms with van der Waals surface area (Å²) in [7, 11) is 1.63. The molecule has 2 aromatic carbocycles. The first kappa shape index (κ1) is 21.6. The Labute approximate surface area is 190 Å². The van der Waals surface area contributed by atoms with Crippen LogP contribution in [0.5, 0.6) is 11.5 Å². The number of hydrogen-bond acceptors (Lipinski definition) is 6. The first-order valence-corrected chi connectivity index (χ1v) is 10.2. The summed E-state index contributed by atoms with van der Waals surface area (Å²) in [6.07, 6.45) is 1.31. The van der Waals surface area contributed by atoms with E-state index in [-0.39, 0.29) is 30.5 Å². The molecule has 4 rings (SSSR count). The topological polar surface area (TPSA) is 108 Å². The molecule has 2 heterocycles. The number of ether oxygens (including phenoxy) is 1. The number of carbonyl (C=O) groups is 1. The smallest absolute Gasteiger partial charge is 0.335 e. The van der Waals surface area contributed by atoms with Crippen molar-refractivity contribution in [2.45, 2.75) is 13.5 Å². The standard InChI is InChI=1S/C24H22N6O3/c1-3-7-20(31)28(2)14-15-29-23-21(22(25)26-16-27-23)30(24(29)32)17-10-12-19(13-11-17)33-18-8-5-4-6-9-18/h4-6,8-13,16H,14-15H2,1-2H3,(H2,25,26,27). The summed E-state index contributed by atoms with van der Waals surface area (Å²) in [6, 6.07) is 16.5. The van der Waals surface area contributed by atoms with Gasteiger partial charge in [-0.25, -0.2) is 14.8 Å². The zero-order valence-corrected chi connectivity index (χ0v) is 18.2. The minimum Gasteiger partial charge on any atom is -0.457 e. The number of rotatable bonds is 6. The van der Waals surface area contributed by atoms with Gasteiger partial charge in [-0.1, -0.05) is 24.1 Å². The second-order valence-electron chi connectivity index (χ2n) is 7.21. The number of para-hydroxylation sites is 1. The molecule has 1 amide bonds. The fourth-order valence-electron chi connectivity index (χ4n) is 3.38. The fraction of sp³-hybridized carbons (Fsp3) is 0.167. The highest BCUT2D eigenvalue weighted by Crippen LogP contribution is 2.24. The van der Waals surface area contributed by atoms with Gasteiger partial charge in [0.2, 0.25) is 0 Å². The van der Waals surface area contributed by atoms with Gasteiger partial charge in [0, 0.05) is 20.1 Å². The Hall–Kier alpha value is -4.58. The number of nitrogen functional groups attached to an aromatic ring is 1. The van der Waals surface area contributed by atoms with Crippen LogP contribution in [0.2, 0.25) is 0 Å². The molecule has 33 heavy (non-hydrogen) atoms. The van der Waals surface area contributed by atoms with Crippen LogP contribution in [0.4, 0.5) is 5.82 Å². The number of hydrogen-bond donors (Lipinski definition) is 1. The summed E-state index contributed by atoms with van der Waals surface area (Å²) in [6.45, 7) is 2.10. The quantitative estimate of drug-likeness (QED) is 0.460. The Morgan fingerprint density at radius 3 is 2.48 bits per heavy atom. The van der Waals surface area contributed by atoms with E-state index in [1.54, 1.807) is 38.2 Å². The minimum atomic E-state index is -0.337. The van der Waals surface area contributed by atoms with Crippen LogP contribution in [0.25, 0.3) is 16.9 Å². The molecule has 2 aromatic heterocycles. The highest BCUT2D eigenvalue weighted by atomic mass is 16.5. The molecule has 0 aliphatic heterocycles. The lowest BCUT2D eigenvalue weighted by Gasteiger charge is -2.13. The third kappa shape index (κ3) is 4.41. The van der Waals surface area contributed by atoms with Crippen molar-refractivity contribution in [3.05, 3.63) is 71.4 Å². The number of amides is 1. The van der Waals surface area contributed by atoms with Crippen molar-refractivity contribution >= 4 is 22.9 Å². The molecule has 0 atom stereocenters. The molecule has 0 saturated carbocycles. The molecule has 166 valence electrons. The van der Waals surface area contributed by atoms with Crippen molar-refractivity contribution in [3.8, 4) is 29.0 Å². The molecule has 9 heteroatoms. The number of aromatic nitrogens is 4. The molecular formula is C24H22N6O3. The number of nitrogens with zero attached hydrogens (tertiary/aromatic N) is 5. The summed E-state index contributed by atoms with van der Waals surface area (Å²) >= 11 is 0. The van der Waals surface area contributed by atoms with E-state index in [0.717, 1.165) is 0 Å². The largest absolute Gasteiger partial charge is 0.457 e. The number of fused-ring (bicyclic) bond motifs is 1. The van der Waals surface area contributed by atoms with Gasteiger partial charge in [0.25, 0.3) is 5.91 Å². The molecule has 0 aliphatic carbocycles. The maximum Gasteiger partial charge on any atom is 0.335 e. The van der Waals surface area contributed by atoms with Crippen LogP contribution in [-0.2, 0) is 11.3 Å². The molecular weight excluding hydrogens is 420 g/mol. The molecule has 0 unspecified atom stereocenters. The van der Waals surface area contributed by atoms with Gasteiger partial charge >= 0.3 is 5.69 Å². The van der Waals surface area contributed by atoms with Crippen molar-refractivity contribution in [2.75, 3.05) is 19.3 Å². The normalized spacial score (nSPS) is 10.5. The van der Waals surface area contributed by atoms with Crippen LogP contribution < -0.4 is 16.2 Å². The Bertz CT molecular complexity index is 1410. The van der Waals surface area contributed by atoms with E-state index < -0.39 is 0 Å². The fourth-order valence-corrected chi connectivity index (χ4v) is 3.38. The molecule has 0 radical (unpaired) electrons. The van der Waals surface area contributed by atoms with Crippen molar-refractivity contribution in [3.63, 3.8) is 0 Å². The van der Waals surface area contributed by atoms with Gasteiger partial charge in [-0.05, 0) is 49.2 Å². The number of imidazole rings is 1. The molecule has 0 bridgehead atoms. The molecule has 0 fully saturated rings. The molecule has 0 saturated heterocycles. The summed E-state index contributed by atoms with van der Waals surface area (Å²) in [5.41, 5.74) is 7.17. The zero-order chi connectivity index (χ0) is 23.4. The predicted molar refractivity (Wildman–Crippen MR) is 125 cm³/mol. The van der Waals surface area contributed by atoms with Crippen LogP contribution in [0.1, 0.15) is 6.92 Å². The lowest BCUT2D eigenvalue weighted by Crippen LogP contribution is -2.32. The van der Waals surface area contributed by atoms with Crippen molar-refractivity contribution in [1.29, 1.82) is 0 Å². The van der Waals surface area contributed by atoms with Gasteiger partial charge in [-0.3, -0.25) is 13.9 Å². The van der Waals surface area contributed by atoms with E-state index in [4.69, 9.17) is 10.5 Å². The van der Waals surface area contributed by atoms with Crippen LogP contribution >= 0.6 is 0 Å². The highest BCUT2D eigenvalue weighted by Gasteiger charge is 2.19. The predicted octanol–water partition coefficient (Wildman–Crippen LogP) is 2.44. The number of carbonyl (C=O) groups excluding carboxylic acids is 1. The van der Waals surface area contributed by atoms with E-state index in [2.05, 4.69) is 21.8 Å². The first-order valence-electron chi connectivity index (χ1n) is 10.2. The summed E-state index contributed by atoms with van der Waals surface area (Å²) < 4.78 is 8.77. The van der Waals surface area contributed by atoms with E-state index in [1.165, 1.54) is 20.4 Å². The average Bonchev–Trinajstić information content (AvgIpc) is 3.11. The highest BCUT2D eigenvalue weighted by molar-refractivity contribution is 5.93. The maximum atomic E-state index is 13.4. The summed E-state index contributed by atoms with van der Waals surface area (Å²) in [5.74, 6) is 6.26.